The smallest absolute Gasteiger partial charge is 0.472 e. The topological polar surface area (TPSA) is 172 Å². The summed E-state index contributed by atoms with van der Waals surface area (Å²) in [5, 5.41) is 8.92. The minimum Gasteiger partial charge on any atom is -0.480 e. The SMILES string of the molecule is CCCCCCCC/C=C/CCCCCCCCCCCC(=O)O[C@H](COC(=O)CCC/C=C/C/C=C/C/C=C/C/C=C/CCCCCCCCC)COP(=O)(O)OC[C@H](N)C(=O)O. The fourth-order valence-electron chi connectivity index (χ4n) is 6.76. The highest BCUT2D eigenvalue weighted by atomic mass is 31.2. The average molecular weight is 922 g/mol. The monoisotopic (exact) mass is 922 g/mol. The number of hydrogen-bond donors (Lipinski definition) is 3. The maximum absolute atomic E-state index is 12.7. The van der Waals surface area contributed by atoms with Crippen LogP contribution >= 0.6 is 7.82 Å². The molecule has 0 aliphatic rings. The van der Waals surface area contributed by atoms with Crippen LogP contribution in [0.4, 0.5) is 0 Å². The van der Waals surface area contributed by atoms with Crippen LogP contribution in [0.25, 0.3) is 0 Å². The molecule has 0 saturated heterocycles. The number of carbonyl (C=O) groups is 3. The minimum atomic E-state index is -4.74. The zero-order valence-corrected chi connectivity index (χ0v) is 41.3. The van der Waals surface area contributed by atoms with Gasteiger partial charge in [-0.1, -0.05) is 190 Å². The number of aliphatic carboxylic acids is 1. The van der Waals surface area contributed by atoms with Crippen molar-refractivity contribution < 1.29 is 47.5 Å². The van der Waals surface area contributed by atoms with E-state index in [2.05, 4.69) is 73.1 Å². The third-order valence-corrected chi connectivity index (χ3v) is 11.7. The van der Waals surface area contributed by atoms with Crippen molar-refractivity contribution in [1.29, 1.82) is 0 Å². The second-order valence-corrected chi connectivity index (χ2v) is 18.4. The third-order valence-electron chi connectivity index (χ3n) is 10.7. The van der Waals surface area contributed by atoms with Crippen LogP contribution in [0.2, 0.25) is 0 Å². The number of hydrogen-bond acceptors (Lipinski definition) is 9. The Morgan fingerprint density at radius 3 is 1.30 bits per heavy atom. The molecule has 370 valence electrons. The Morgan fingerprint density at radius 1 is 0.484 bits per heavy atom. The first-order valence-corrected chi connectivity index (χ1v) is 26.8. The molecule has 4 N–H and O–H groups in total. The van der Waals surface area contributed by atoms with Crippen LogP contribution in [0.1, 0.15) is 219 Å². The molecule has 0 aromatic heterocycles. The van der Waals surface area contributed by atoms with Crippen LogP contribution in [0.15, 0.2) is 60.8 Å². The molecule has 0 aromatic rings. The van der Waals surface area contributed by atoms with E-state index in [1.165, 1.54) is 135 Å². The van der Waals surface area contributed by atoms with Gasteiger partial charge in [0.25, 0.3) is 0 Å². The molecule has 12 heteroatoms. The van der Waals surface area contributed by atoms with Crippen molar-refractivity contribution in [3.05, 3.63) is 60.8 Å². The number of unbranched alkanes of at least 4 members (excludes halogenated alkanes) is 23. The van der Waals surface area contributed by atoms with E-state index in [4.69, 9.17) is 24.8 Å². The maximum Gasteiger partial charge on any atom is 0.472 e. The number of esters is 2. The van der Waals surface area contributed by atoms with Gasteiger partial charge in [0.2, 0.25) is 0 Å². The molecule has 0 aliphatic heterocycles. The molecule has 11 nitrogen and oxygen atoms in total. The van der Waals surface area contributed by atoms with E-state index < -0.39 is 51.1 Å². The van der Waals surface area contributed by atoms with Gasteiger partial charge in [-0.05, 0) is 77.0 Å². The Labute approximate surface area is 389 Å². The molecule has 0 bridgehead atoms. The molecule has 0 fully saturated rings. The third kappa shape index (κ3) is 45.7. The Kier molecular flexibility index (Phi) is 44.6. The van der Waals surface area contributed by atoms with E-state index in [1.54, 1.807) is 0 Å². The molecule has 0 rings (SSSR count). The zero-order valence-electron chi connectivity index (χ0n) is 40.4. The lowest BCUT2D eigenvalue weighted by atomic mass is 10.1. The predicted molar refractivity (Wildman–Crippen MR) is 263 cm³/mol. The van der Waals surface area contributed by atoms with Gasteiger partial charge in [0.05, 0.1) is 13.2 Å². The quantitative estimate of drug-likeness (QED) is 0.0230. The lowest BCUT2D eigenvalue weighted by Gasteiger charge is -2.20. The first kappa shape index (κ1) is 61.2. The highest BCUT2D eigenvalue weighted by molar-refractivity contribution is 7.47. The summed E-state index contributed by atoms with van der Waals surface area (Å²) < 4.78 is 32.8. The van der Waals surface area contributed by atoms with E-state index in [9.17, 15) is 23.8 Å². The number of carbonyl (C=O) groups excluding carboxylic acids is 2. The fraction of sp³-hybridized carbons (Fsp3) is 0.750. The van der Waals surface area contributed by atoms with E-state index >= 15 is 0 Å². The highest BCUT2D eigenvalue weighted by Crippen LogP contribution is 2.43. The molecule has 0 spiro atoms. The number of nitrogens with two attached hydrogens (primary N) is 1. The van der Waals surface area contributed by atoms with Gasteiger partial charge in [-0.2, -0.15) is 0 Å². The van der Waals surface area contributed by atoms with Gasteiger partial charge in [0, 0.05) is 12.8 Å². The Balaban J connectivity index is 4.36. The lowest BCUT2D eigenvalue weighted by Crippen LogP contribution is -2.34. The molecule has 0 radical (unpaired) electrons. The normalized spacial score (nSPS) is 14.1. The van der Waals surface area contributed by atoms with Crippen molar-refractivity contribution in [2.75, 3.05) is 19.8 Å². The summed E-state index contributed by atoms with van der Waals surface area (Å²) >= 11 is 0. The standard InChI is InChI=1S/C52H92NO10P/c1-3-5-7-9-11-13-15-17-19-21-23-24-26-27-29-31-33-35-37-39-41-43-50(54)60-45-48(46-61-64(58,59)62-47-49(53)52(56)57)63-51(55)44-42-40-38-36-34-32-30-28-25-22-20-18-16-14-12-10-8-6-4-2/h18-21,24,26,29,31,35,37,48-49H,3-17,22-23,25,27-28,30,32-34,36,38-47,53H2,1-2H3,(H,56,57)(H,58,59)/b20-18+,21-19+,26-24+,31-29+,37-35+/t48-,49+/m1/s1. The van der Waals surface area contributed by atoms with E-state index in [0.29, 0.717) is 19.3 Å². The van der Waals surface area contributed by atoms with Crippen LogP contribution in [0.3, 0.4) is 0 Å². The number of rotatable bonds is 47. The summed E-state index contributed by atoms with van der Waals surface area (Å²) in [5.74, 6) is -2.45. The van der Waals surface area contributed by atoms with Crippen molar-refractivity contribution in [2.24, 2.45) is 5.73 Å². The van der Waals surface area contributed by atoms with Gasteiger partial charge in [-0.3, -0.25) is 23.4 Å². The lowest BCUT2D eigenvalue weighted by molar-refractivity contribution is -0.161. The van der Waals surface area contributed by atoms with Crippen molar-refractivity contribution in [3.63, 3.8) is 0 Å². The van der Waals surface area contributed by atoms with Gasteiger partial charge >= 0.3 is 25.7 Å². The summed E-state index contributed by atoms with van der Waals surface area (Å²) in [5.41, 5.74) is 5.35. The molecular weight excluding hydrogens is 830 g/mol. The number of phosphoric acid groups is 1. The number of phosphoric ester groups is 1. The van der Waals surface area contributed by atoms with Crippen molar-refractivity contribution in [2.45, 2.75) is 231 Å². The fourth-order valence-corrected chi connectivity index (χ4v) is 7.54. The summed E-state index contributed by atoms with van der Waals surface area (Å²) in [6.07, 6.45) is 55.8. The number of ether oxygens (including phenoxy) is 2. The average Bonchev–Trinajstić information content (AvgIpc) is 3.27. The van der Waals surface area contributed by atoms with Crippen LogP contribution in [-0.4, -0.2) is 59.9 Å². The molecule has 0 saturated carbocycles. The molecule has 0 aliphatic carbocycles. The molecule has 0 heterocycles. The van der Waals surface area contributed by atoms with Gasteiger partial charge < -0.3 is 25.2 Å². The molecule has 0 amide bonds. The van der Waals surface area contributed by atoms with Crippen LogP contribution in [-0.2, 0) is 37.5 Å². The van der Waals surface area contributed by atoms with Gasteiger partial charge in [-0.15, -0.1) is 0 Å². The van der Waals surface area contributed by atoms with Crippen LogP contribution < -0.4 is 5.73 Å². The van der Waals surface area contributed by atoms with Gasteiger partial charge in [0.1, 0.15) is 12.6 Å². The summed E-state index contributed by atoms with van der Waals surface area (Å²) in [6.45, 7) is 2.76. The molecule has 0 aromatic carbocycles. The second-order valence-electron chi connectivity index (χ2n) is 16.9. The van der Waals surface area contributed by atoms with Gasteiger partial charge in [0.15, 0.2) is 6.10 Å². The molecular formula is C52H92NO10P. The second kappa shape index (κ2) is 46.7. The number of allylic oxidation sites excluding steroid dienone is 10. The van der Waals surface area contributed by atoms with Crippen molar-refractivity contribution in [1.82, 2.24) is 0 Å². The van der Waals surface area contributed by atoms with Crippen LogP contribution in [0.5, 0.6) is 0 Å². The summed E-state index contributed by atoms with van der Waals surface area (Å²) in [6, 6.07) is -1.53. The van der Waals surface area contributed by atoms with E-state index in [0.717, 1.165) is 38.5 Å². The summed E-state index contributed by atoms with van der Waals surface area (Å²) in [4.78, 5) is 46.1. The van der Waals surface area contributed by atoms with E-state index in [1.807, 2.05) is 6.08 Å². The van der Waals surface area contributed by atoms with E-state index in [-0.39, 0.29) is 19.4 Å². The summed E-state index contributed by atoms with van der Waals surface area (Å²) in [7, 11) is -4.74. The molecule has 3 atom stereocenters. The van der Waals surface area contributed by atoms with Crippen molar-refractivity contribution >= 4 is 25.7 Å². The maximum atomic E-state index is 12.7. The highest BCUT2D eigenvalue weighted by Gasteiger charge is 2.28. The zero-order chi connectivity index (χ0) is 47.0. The Bertz CT molecular complexity index is 1310. The van der Waals surface area contributed by atoms with Crippen LogP contribution in [0, 0.1) is 0 Å². The largest absolute Gasteiger partial charge is 0.480 e. The first-order valence-electron chi connectivity index (χ1n) is 25.3. The molecule has 64 heavy (non-hydrogen) atoms. The predicted octanol–water partition coefficient (Wildman–Crippen LogP) is 14.3. The number of carboxylic acid groups (broad SMARTS) is 1. The molecule has 1 unspecified atom stereocenters. The Morgan fingerprint density at radius 2 is 0.844 bits per heavy atom. The Hall–Kier alpha value is -2.82. The van der Waals surface area contributed by atoms with Gasteiger partial charge in [-0.25, -0.2) is 4.57 Å². The van der Waals surface area contributed by atoms with Crippen molar-refractivity contribution in [3.8, 4) is 0 Å². The minimum absolute atomic E-state index is 0.144. The first-order chi connectivity index (χ1) is 31.1. The number of carboxylic acids is 1.